The third-order valence-electron chi connectivity index (χ3n) is 4.20. The molecular formula is C19H32IN3O2S. The number of thioether (sulfide) groups is 1. The van der Waals surface area contributed by atoms with Gasteiger partial charge in [0.2, 0.25) is 0 Å². The van der Waals surface area contributed by atoms with Crippen LogP contribution in [-0.2, 0) is 6.42 Å². The molecule has 5 nitrogen and oxygen atoms in total. The predicted molar refractivity (Wildman–Crippen MR) is 123 cm³/mol. The van der Waals surface area contributed by atoms with E-state index in [0.717, 1.165) is 49.9 Å². The van der Waals surface area contributed by atoms with Crippen LogP contribution in [0.5, 0.6) is 11.5 Å². The van der Waals surface area contributed by atoms with Crippen LogP contribution in [0.25, 0.3) is 0 Å². The summed E-state index contributed by atoms with van der Waals surface area (Å²) >= 11 is 2.05. The second kappa shape index (κ2) is 13.4. The summed E-state index contributed by atoms with van der Waals surface area (Å²) in [6.45, 7) is 4.80. The van der Waals surface area contributed by atoms with Gasteiger partial charge >= 0.3 is 0 Å². The Bertz CT molecular complexity index is 552. The molecule has 0 aromatic heterocycles. The van der Waals surface area contributed by atoms with Gasteiger partial charge < -0.3 is 20.1 Å². The summed E-state index contributed by atoms with van der Waals surface area (Å²) in [5.74, 6) is 3.78. The lowest BCUT2D eigenvalue weighted by Crippen LogP contribution is -2.38. The Morgan fingerprint density at radius 1 is 1.23 bits per heavy atom. The van der Waals surface area contributed by atoms with Crippen molar-refractivity contribution in [3.63, 3.8) is 0 Å². The van der Waals surface area contributed by atoms with Crippen molar-refractivity contribution in [1.29, 1.82) is 0 Å². The minimum Gasteiger partial charge on any atom is -0.493 e. The van der Waals surface area contributed by atoms with Crippen molar-refractivity contribution in [1.82, 2.24) is 10.6 Å². The van der Waals surface area contributed by atoms with Crippen molar-refractivity contribution < 1.29 is 9.47 Å². The highest BCUT2D eigenvalue weighted by Crippen LogP contribution is 2.28. The molecule has 1 heterocycles. The van der Waals surface area contributed by atoms with Crippen molar-refractivity contribution in [2.75, 3.05) is 39.6 Å². The van der Waals surface area contributed by atoms with E-state index in [9.17, 15) is 0 Å². The second-order valence-electron chi connectivity index (χ2n) is 6.07. The van der Waals surface area contributed by atoms with Gasteiger partial charge in [-0.2, -0.15) is 11.8 Å². The van der Waals surface area contributed by atoms with E-state index in [0.29, 0.717) is 5.25 Å². The number of hydrogen-bond donors (Lipinski definition) is 2. The van der Waals surface area contributed by atoms with Crippen LogP contribution in [0.15, 0.2) is 23.2 Å². The van der Waals surface area contributed by atoms with Gasteiger partial charge in [-0.05, 0) is 56.1 Å². The quantitative estimate of drug-likeness (QED) is 0.238. The van der Waals surface area contributed by atoms with Crippen LogP contribution in [0.2, 0.25) is 0 Å². The average molecular weight is 493 g/mol. The van der Waals surface area contributed by atoms with E-state index < -0.39 is 0 Å². The third kappa shape index (κ3) is 7.82. The lowest BCUT2D eigenvalue weighted by molar-refractivity contribution is 0.354. The first-order chi connectivity index (χ1) is 12.3. The number of halogens is 1. The van der Waals surface area contributed by atoms with Crippen molar-refractivity contribution in [2.24, 2.45) is 4.99 Å². The molecule has 1 aliphatic heterocycles. The number of ether oxygens (including phenoxy) is 2. The second-order valence-corrected chi connectivity index (χ2v) is 7.48. The number of aryl methyl sites for hydroxylation is 1. The molecule has 1 fully saturated rings. The number of aliphatic imine (C=N–C) groups is 1. The van der Waals surface area contributed by atoms with Crippen LogP contribution < -0.4 is 20.1 Å². The van der Waals surface area contributed by atoms with Gasteiger partial charge in [0.15, 0.2) is 17.5 Å². The van der Waals surface area contributed by atoms with E-state index in [-0.39, 0.29) is 24.0 Å². The molecule has 1 atom stereocenters. The van der Waals surface area contributed by atoms with Gasteiger partial charge in [-0.3, -0.25) is 4.99 Å². The Morgan fingerprint density at radius 3 is 2.69 bits per heavy atom. The third-order valence-corrected chi connectivity index (χ3v) is 5.58. The number of benzene rings is 1. The number of nitrogens with one attached hydrogen (secondary N) is 2. The smallest absolute Gasteiger partial charge is 0.191 e. The normalized spacial score (nSPS) is 16.7. The van der Waals surface area contributed by atoms with Crippen LogP contribution in [0.4, 0.5) is 0 Å². The zero-order valence-electron chi connectivity index (χ0n) is 16.0. The van der Waals surface area contributed by atoms with E-state index in [2.05, 4.69) is 29.7 Å². The summed E-state index contributed by atoms with van der Waals surface area (Å²) in [6.07, 6.45) is 4.66. The van der Waals surface area contributed by atoms with Crippen LogP contribution in [0.1, 0.15) is 31.7 Å². The first kappa shape index (κ1) is 23.2. The Kier molecular flexibility index (Phi) is 11.9. The Hall–Kier alpha value is -0.830. The maximum Gasteiger partial charge on any atom is 0.191 e. The maximum atomic E-state index is 5.36. The fourth-order valence-corrected chi connectivity index (χ4v) is 4.04. The molecule has 2 N–H and O–H groups in total. The van der Waals surface area contributed by atoms with Crippen LogP contribution >= 0.6 is 35.7 Å². The van der Waals surface area contributed by atoms with Gasteiger partial charge in [0.25, 0.3) is 0 Å². The SMILES string of the molecule is CCNC(=NCC1CCCS1)NCCCc1ccc(OC)c(OC)c1.I. The minimum atomic E-state index is 0. The van der Waals surface area contributed by atoms with E-state index in [1.807, 2.05) is 17.8 Å². The number of methoxy groups -OCH3 is 2. The maximum absolute atomic E-state index is 5.36. The molecule has 1 aromatic rings. The number of guanidine groups is 1. The highest BCUT2D eigenvalue weighted by Gasteiger charge is 2.14. The number of rotatable bonds is 9. The Balaban J connectivity index is 0.00000338. The molecule has 148 valence electrons. The molecule has 1 aromatic carbocycles. The van der Waals surface area contributed by atoms with Gasteiger partial charge in [0.1, 0.15) is 0 Å². The summed E-state index contributed by atoms with van der Waals surface area (Å²) in [6, 6.07) is 6.11. The van der Waals surface area contributed by atoms with E-state index in [1.165, 1.54) is 24.2 Å². The van der Waals surface area contributed by atoms with Gasteiger partial charge in [0.05, 0.1) is 20.8 Å². The molecule has 0 aliphatic carbocycles. The lowest BCUT2D eigenvalue weighted by atomic mass is 10.1. The summed E-state index contributed by atoms with van der Waals surface area (Å²) in [5.41, 5.74) is 1.25. The van der Waals surface area contributed by atoms with E-state index in [1.54, 1.807) is 14.2 Å². The fourth-order valence-electron chi connectivity index (χ4n) is 2.86. The standard InChI is InChI=1S/C19H31N3O2S.HI/c1-4-20-19(22-14-16-8-6-12-25-16)21-11-5-7-15-9-10-17(23-2)18(13-15)24-3;/h9-10,13,16H,4-8,11-12,14H2,1-3H3,(H2,20,21,22);1H. The topological polar surface area (TPSA) is 54.9 Å². The summed E-state index contributed by atoms with van der Waals surface area (Å²) in [7, 11) is 3.33. The molecule has 0 bridgehead atoms. The molecule has 7 heteroatoms. The summed E-state index contributed by atoms with van der Waals surface area (Å²) in [5, 5.41) is 7.47. The monoisotopic (exact) mass is 493 g/mol. The Labute approximate surface area is 179 Å². The number of hydrogen-bond acceptors (Lipinski definition) is 4. The molecule has 0 spiro atoms. The highest BCUT2D eigenvalue weighted by atomic mass is 127. The van der Waals surface area contributed by atoms with Gasteiger partial charge in [-0.1, -0.05) is 6.07 Å². The average Bonchev–Trinajstić information content (AvgIpc) is 3.16. The van der Waals surface area contributed by atoms with Crippen LogP contribution in [-0.4, -0.2) is 50.8 Å². The van der Waals surface area contributed by atoms with E-state index in [4.69, 9.17) is 14.5 Å². The Morgan fingerprint density at radius 2 is 2.04 bits per heavy atom. The van der Waals surface area contributed by atoms with Gasteiger partial charge in [0, 0.05) is 18.3 Å². The van der Waals surface area contributed by atoms with Crippen molar-refractivity contribution in [3.05, 3.63) is 23.8 Å². The molecule has 0 saturated carbocycles. The molecule has 0 amide bonds. The van der Waals surface area contributed by atoms with Gasteiger partial charge in [-0.25, -0.2) is 0 Å². The molecule has 1 aliphatic rings. The van der Waals surface area contributed by atoms with Crippen molar-refractivity contribution >= 4 is 41.7 Å². The van der Waals surface area contributed by atoms with Crippen LogP contribution in [0, 0.1) is 0 Å². The minimum absolute atomic E-state index is 0. The van der Waals surface area contributed by atoms with Gasteiger partial charge in [-0.15, -0.1) is 24.0 Å². The molecule has 1 saturated heterocycles. The van der Waals surface area contributed by atoms with Crippen molar-refractivity contribution in [2.45, 2.75) is 37.9 Å². The largest absolute Gasteiger partial charge is 0.493 e. The zero-order valence-corrected chi connectivity index (χ0v) is 19.2. The first-order valence-electron chi connectivity index (χ1n) is 9.11. The molecular weight excluding hydrogens is 461 g/mol. The van der Waals surface area contributed by atoms with Crippen molar-refractivity contribution in [3.8, 4) is 11.5 Å². The molecule has 26 heavy (non-hydrogen) atoms. The first-order valence-corrected chi connectivity index (χ1v) is 10.2. The van der Waals surface area contributed by atoms with E-state index >= 15 is 0 Å². The molecule has 0 radical (unpaired) electrons. The molecule has 1 unspecified atom stereocenters. The molecule has 2 rings (SSSR count). The predicted octanol–water partition coefficient (Wildman–Crippen LogP) is 3.71. The highest BCUT2D eigenvalue weighted by molar-refractivity contribution is 14.0. The lowest BCUT2D eigenvalue weighted by Gasteiger charge is -2.13. The summed E-state index contributed by atoms with van der Waals surface area (Å²) < 4.78 is 10.6. The zero-order chi connectivity index (χ0) is 17.9. The summed E-state index contributed by atoms with van der Waals surface area (Å²) in [4.78, 5) is 4.73. The fraction of sp³-hybridized carbons (Fsp3) is 0.632. The van der Waals surface area contributed by atoms with Crippen LogP contribution in [0.3, 0.4) is 0 Å². The number of nitrogens with zero attached hydrogens (tertiary/aromatic N) is 1.